The van der Waals surface area contributed by atoms with Crippen molar-refractivity contribution in [2.75, 3.05) is 5.32 Å². The highest BCUT2D eigenvalue weighted by molar-refractivity contribution is 5.57. The molecule has 2 aromatic rings. The van der Waals surface area contributed by atoms with Crippen LogP contribution in [-0.2, 0) is 6.18 Å². The molecule has 0 aliphatic carbocycles. The minimum absolute atomic E-state index is 0.0293. The summed E-state index contributed by atoms with van der Waals surface area (Å²) in [7, 11) is 0. The zero-order valence-corrected chi connectivity index (χ0v) is 11.1. The van der Waals surface area contributed by atoms with Gasteiger partial charge >= 0.3 is 6.18 Å². The lowest BCUT2D eigenvalue weighted by Gasteiger charge is -2.19. The lowest BCUT2D eigenvalue weighted by Crippen LogP contribution is -2.14. The molecule has 0 aliphatic rings. The number of aromatic nitrogens is 1. The first kappa shape index (κ1) is 14.9. The molecule has 0 saturated heterocycles. The van der Waals surface area contributed by atoms with E-state index in [2.05, 4.69) is 10.3 Å². The molecular weight excluding hydrogens is 279 g/mol. The summed E-state index contributed by atoms with van der Waals surface area (Å²) in [5, 5.41) is 11.5. The van der Waals surface area contributed by atoms with E-state index in [4.69, 9.17) is 5.26 Å². The second-order valence-electron chi connectivity index (χ2n) is 4.49. The second kappa shape index (κ2) is 5.83. The fraction of sp³-hybridized carbons (Fsp3) is 0.200. The van der Waals surface area contributed by atoms with Gasteiger partial charge in [-0.1, -0.05) is 6.07 Å². The van der Waals surface area contributed by atoms with Crippen LogP contribution in [0.4, 0.5) is 18.9 Å². The predicted molar refractivity (Wildman–Crippen MR) is 72.4 cm³/mol. The summed E-state index contributed by atoms with van der Waals surface area (Å²) in [6.45, 7) is 1.72. The molecule has 6 heteroatoms. The van der Waals surface area contributed by atoms with E-state index in [0.29, 0.717) is 5.69 Å². The number of rotatable bonds is 3. The molecule has 0 saturated carbocycles. The van der Waals surface area contributed by atoms with Crippen molar-refractivity contribution >= 4 is 5.69 Å². The molecule has 21 heavy (non-hydrogen) atoms. The molecule has 3 nitrogen and oxygen atoms in total. The summed E-state index contributed by atoms with van der Waals surface area (Å²) in [4.78, 5) is 4.10. The fourth-order valence-corrected chi connectivity index (χ4v) is 1.91. The van der Waals surface area contributed by atoms with E-state index in [-0.39, 0.29) is 17.3 Å². The number of anilines is 1. The Morgan fingerprint density at radius 3 is 2.57 bits per heavy atom. The van der Waals surface area contributed by atoms with E-state index in [0.717, 1.165) is 6.07 Å². The molecular formula is C15H12F3N3. The van der Waals surface area contributed by atoms with Crippen molar-refractivity contribution in [3.05, 3.63) is 59.4 Å². The summed E-state index contributed by atoms with van der Waals surface area (Å²) >= 11 is 0. The van der Waals surface area contributed by atoms with Crippen molar-refractivity contribution in [3.63, 3.8) is 0 Å². The van der Waals surface area contributed by atoms with Gasteiger partial charge in [0.15, 0.2) is 0 Å². The van der Waals surface area contributed by atoms with Crippen molar-refractivity contribution in [1.29, 1.82) is 5.26 Å². The van der Waals surface area contributed by atoms with Gasteiger partial charge in [-0.05, 0) is 37.3 Å². The third kappa shape index (κ3) is 3.51. The van der Waals surface area contributed by atoms with Crippen LogP contribution in [0.1, 0.15) is 29.8 Å². The summed E-state index contributed by atoms with van der Waals surface area (Å²) in [5.41, 5.74) is -0.322. The smallest absolute Gasteiger partial charge is 0.376 e. The van der Waals surface area contributed by atoms with Gasteiger partial charge in [0.05, 0.1) is 28.9 Å². The molecule has 1 aromatic heterocycles. The lowest BCUT2D eigenvalue weighted by atomic mass is 10.1. The number of nitriles is 1. The quantitative estimate of drug-likeness (QED) is 0.924. The van der Waals surface area contributed by atoms with Crippen LogP contribution in [0.25, 0.3) is 0 Å². The minimum atomic E-state index is -4.53. The Kier molecular flexibility index (Phi) is 4.13. The number of halogens is 3. The molecule has 0 amide bonds. The van der Waals surface area contributed by atoms with Gasteiger partial charge in [0.1, 0.15) is 0 Å². The first-order valence-electron chi connectivity index (χ1n) is 6.20. The molecule has 0 spiro atoms. The van der Waals surface area contributed by atoms with Gasteiger partial charge in [-0.25, -0.2) is 0 Å². The van der Waals surface area contributed by atoms with Crippen molar-refractivity contribution < 1.29 is 13.2 Å². The van der Waals surface area contributed by atoms with Gasteiger partial charge in [-0.15, -0.1) is 0 Å². The third-order valence-corrected chi connectivity index (χ3v) is 2.96. The number of alkyl halides is 3. The van der Waals surface area contributed by atoms with Crippen LogP contribution >= 0.6 is 0 Å². The van der Waals surface area contributed by atoms with E-state index in [1.54, 1.807) is 37.4 Å². The Bertz CT molecular complexity index is 660. The van der Waals surface area contributed by atoms with Crippen molar-refractivity contribution in [2.24, 2.45) is 0 Å². The average Bonchev–Trinajstić information content (AvgIpc) is 2.47. The van der Waals surface area contributed by atoms with Gasteiger partial charge in [-0.3, -0.25) is 4.98 Å². The maximum atomic E-state index is 13.1. The van der Waals surface area contributed by atoms with Crippen LogP contribution in [0, 0.1) is 11.3 Å². The molecule has 0 bridgehead atoms. The van der Waals surface area contributed by atoms with Crippen LogP contribution in [-0.4, -0.2) is 4.98 Å². The molecule has 2 rings (SSSR count). The zero-order valence-electron chi connectivity index (χ0n) is 11.1. The standard InChI is InChI=1S/C15H12F3N3/c1-10(13-4-2-3-7-20-13)21-14-6-5-11(9-19)8-12(14)15(16,17)18/h2-8,10,21H,1H3. The molecule has 1 N–H and O–H groups in total. The van der Waals surface area contributed by atoms with Gasteiger partial charge in [0.2, 0.25) is 0 Å². The Labute approximate surface area is 120 Å². The third-order valence-electron chi connectivity index (χ3n) is 2.96. The molecule has 1 atom stereocenters. The van der Waals surface area contributed by atoms with Crippen LogP contribution in [0.2, 0.25) is 0 Å². The zero-order chi connectivity index (χ0) is 15.5. The van der Waals surface area contributed by atoms with Crippen LogP contribution < -0.4 is 5.32 Å². The monoisotopic (exact) mass is 291 g/mol. The minimum Gasteiger partial charge on any atom is -0.376 e. The Balaban J connectivity index is 2.34. The molecule has 1 unspecified atom stereocenters. The van der Waals surface area contributed by atoms with Gasteiger partial charge < -0.3 is 5.32 Å². The number of nitrogens with zero attached hydrogens (tertiary/aromatic N) is 2. The van der Waals surface area contributed by atoms with E-state index >= 15 is 0 Å². The Morgan fingerprint density at radius 2 is 2.00 bits per heavy atom. The number of pyridine rings is 1. The van der Waals surface area contributed by atoms with E-state index in [9.17, 15) is 13.2 Å². The largest absolute Gasteiger partial charge is 0.418 e. The van der Waals surface area contributed by atoms with E-state index < -0.39 is 11.7 Å². The van der Waals surface area contributed by atoms with Crippen molar-refractivity contribution in [1.82, 2.24) is 4.98 Å². The molecule has 0 aliphatic heterocycles. The topological polar surface area (TPSA) is 48.7 Å². The number of nitrogens with one attached hydrogen (secondary N) is 1. The van der Waals surface area contributed by atoms with E-state index in [1.165, 1.54) is 12.1 Å². The highest BCUT2D eigenvalue weighted by Gasteiger charge is 2.34. The maximum absolute atomic E-state index is 13.1. The number of benzene rings is 1. The summed E-state index contributed by atoms with van der Waals surface area (Å²) in [6, 6.07) is 10.0. The summed E-state index contributed by atoms with van der Waals surface area (Å²) in [6.07, 6.45) is -2.95. The van der Waals surface area contributed by atoms with E-state index in [1.807, 2.05) is 0 Å². The summed E-state index contributed by atoms with van der Waals surface area (Å²) in [5.74, 6) is 0. The first-order valence-corrected chi connectivity index (χ1v) is 6.20. The molecule has 1 heterocycles. The van der Waals surface area contributed by atoms with Gasteiger partial charge in [0.25, 0.3) is 0 Å². The van der Waals surface area contributed by atoms with Crippen LogP contribution in [0.5, 0.6) is 0 Å². The Hall–Kier alpha value is -2.55. The van der Waals surface area contributed by atoms with Gasteiger partial charge in [-0.2, -0.15) is 18.4 Å². The van der Waals surface area contributed by atoms with Gasteiger partial charge in [0, 0.05) is 11.9 Å². The normalized spacial score (nSPS) is 12.5. The summed E-state index contributed by atoms with van der Waals surface area (Å²) < 4.78 is 39.2. The number of hydrogen-bond acceptors (Lipinski definition) is 3. The van der Waals surface area contributed by atoms with Crippen molar-refractivity contribution in [2.45, 2.75) is 19.1 Å². The van der Waals surface area contributed by atoms with Crippen molar-refractivity contribution in [3.8, 4) is 6.07 Å². The number of hydrogen-bond donors (Lipinski definition) is 1. The Morgan fingerprint density at radius 1 is 1.24 bits per heavy atom. The molecule has 0 radical (unpaired) electrons. The molecule has 1 aromatic carbocycles. The fourth-order valence-electron chi connectivity index (χ4n) is 1.91. The molecule has 0 fully saturated rings. The predicted octanol–water partition coefficient (Wildman–Crippen LogP) is 4.15. The SMILES string of the molecule is CC(Nc1ccc(C#N)cc1C(F)(F)F)c1ccccn1. The maximum Gasteiger partial charge on any atom is 0.418 e. The lowest BCUT2D eigenvalue weighted by molar-refractivity contribution is -0.137. The average molecular weight is 291 g/mol. The van der Waals surface area contributed by atoms with Crippen LogP contribution in [0.3, 0.4) is 0 Å². The van der Waals surface area contributed by atoms with Crippen LogP contribution in [0.15, 0.2) is 42.6 Å². The molecule has 108 valence electrons. The first-order chi connectivity index (χ1) is 9.91. The second-order valence-corrected chi connectivity index (χ2v) is 4.49. The highest BCUT2D eigenvalue weighted by atomic mass is 19.4. The highest BCUT2D eigenvalue weighted by Crippen LogP contribution is 2.36.